The van der Waals surface area contributed by atoms with Crippen molar-refractivity contribution in [2.75, 3.05) is 24.5 Å². The van der Waals surface area contributed by atoms with Crippen LogP contribution in [-0.2, 0) is 11.3 Å². The Morgan fingerprint density at radius 1 is 1.00 bits per heavy atom. The molecule has 0 aliphatic carbocycles. The van der Waals surface area contributed by atoms with Crippen LogP contribution in [0.3, 0.4) is 0 Å². The van der Waals surface area contributed by atoms with Crippen molar-refractivity contribution >= 4 is 11.9 Å². The molecule has 2 aliphatic heterocycles. The van der Waals surface area contributed by atoms with E-state index in [-0.39, 0.29) is 12.1 Å². The Hall–Kier alpha value is -2.56. The van der Waals surface area contributed by atoms with Gasteiger partial charge in [-0.1, -0.05) is 36.4 Å². The van der Waals surface area contributed by atoms with E-state index in [2.05, 4.69) is 16.0 Å². The fourth-order valence-corrected chi connectivity index (χ4v) is 4.14. The second-order valence-electron chi connectivity index (χ2n) is 7.36. The lowest BCUT2D eigenvalue weighted by atomic mass is 9.95. The normalized spacial score (nSPS) is 19.9. The molecule has 0 spiro atoms. The molecule has 142 valence electrons. The van der Waals surface area contributed by atoms with Crippen LogP contribution in [0.25, 0.3) is 0 Å². The quantitative estimate of drug-likeness (QED) is 0.798. The van der Waals surface area contributed by atoms with E-state index in [1.54, 1.807) is 0 Å². The Balaban J connectivity index is 1.51. The topological polar surface area (TPSA) is 45.7 Å². The van der Waals surface area contributed by atoms with E-state index in [1.165, 1.54) is 12.8 Å². The molecule has 2 aliphatic rings. The number of benzene rings is 1. The van der Waals surface area contributed by atoms with Crippen LogP contribution in [-0.4, -0.2) is 35.6 Å². The van der Waals surface area contributed by atoms with Gasteiger partial charge < -0.3 is 14.5 Å². The zero-order valence-electron chi connectivity index (χ0n) is 15.7. The van der Waals surface area contributed by atoms with Crippen LogP contribution < -0.4 is 4.90 Å². The molecule has 2 saturated heterocycles. The van der Waals surface area contributed by atoms with E-state index >= 15 is 0 Å². The number of anilines is 1. The number of amides is 1. The Morgan fingerprint density at radius 2 is 1.78 bits per heavy atom. The van der Waals surface area contributed by atoms with Gasteiger partial charge in [0, 0.05) is 31.4 Å². The van der Waals surface area contributed by atoms with Crippen LogP contribution in [0.5, 0.6) is 0 Å². The molecule has 2 aromatic rings. The number of rotatable bonds is 4. The smallest absolute Gasteiger partial charge is 0.410 e. The molecule has 1 unspecified atom stereocenters. The van der Waals surface area contributed by atoms with Gasteiger partial charge >= 0.3 is 6.09 Å². The summed E-state index contributed by atoms with van der Waals surface area (Å²) in [6.45, 7) is 3.16. The molecule has 5 heteroatoms. The zero-order valence-corrected chi connectivity index (χ0v) is 15.7. The molecule has 1 aromatic heterocycles. The molecule has 3 heterocycles. The fraction of sp³-hybridized carbons (Fsp3) is 0.455. The number of likely N-dealkylation sites (tertiary alicyclic amines) is 1. The maximum absolute atomic E-state index is 12.9. The van der Waals surface area contributed by atoms with Gasteiger partial charge in [0.15, 0.2) is 0 Å². The first-order chi connectivity index (χ1) is 13.3. The van der Waals surface area contributed by atoms with E-state index in [9.17, 15) is 4.79 Å². The maximum Gasteiger partial charge on any atom is 0.410 e. The number of aromatic nitrogens is 1. The summed E-state index contributed by atoms with van der Waals surface area (Å²) in [7, 11) is 0. The van der Waals surface area contributed by atoms with Gasteiger partial charge in [0.05, 0.1) is 6.04 Å². The van der Waals surface area contributed by atoms with Crippen LogP contribution in [0, 0.1) is 0 Å². The molecule has 1 atom stereocenters. The molecule has 0 radical (unpaired) electrons. The van der Waals surface area contributed by atoms with Gasteiger partial charge in [0.25, 0.3) is 0 Å². The summed E-state index contributed by atoms with van der Waals surface area (Å²) < 4.78 is 5.64. The number of hydrogen-bond donors (Lipinski definition) is 0. The van der Waals surface area contributed by atoms with Crippen molar-refractivity contribution < 1.29 is 9.53 Å². The van der Waals surface area contributed by atoms with Crippen LogP contribution in [0.2, 0.25) is 0 Å². The summed E-state index contributed by atoms with van der Waals surface area (Å²) in [6, 6.07) is 14.0. The molecule has 2 fully saturated rings. The van der Waals surface area contributed by atoms with Crippen LogP contribution in [0.4, 0.5) is 10.6 Å². The number of pyridine rings is 1. The number of piperidine rings is 1. The molecule has 5 nitrogen and oxygen atoms in total. The van der Waals surface area contributed by atoms with E-state index < -0.39 is 0 Å². The average Bonchev–Trinajstić information content (AvgIpc) is 3.27. The Morgan fingerprint density at radius 3 is 2.59 bits per heavy atom. The summed E-state index contributed by atoms with van der Waals surface area (Å²) in [5.41, 5.74) is 2.18. The van der Waals surface area contributed by atoms with Gasteiger partial charge in [-0.25, -0.2) is 9.78 Å². The molecule has 0 bridgehead atoms. The third-order valence-corrected chi connectivity index (χ3v) is 5.52. The highest BCUT2D eigenvalue weighted by Gasteiger charge is 2.32. The monoisotopic (exact) mass is 365 g/mol. The summed E-state index contributed by atoms with van der Waals surface area (Å²) in [4.78, 5) is 21.8. The molecule has 0 N–H and O–H groups in total. The Labute approximate surface area is 161 Å². The van der Waals surface area contributed by atoms with Gasteiger partial charge in [-0.05, 0) is 43.7 Å². The highest BCUT2D eigenvalue weighted by molar-refractivity contribution is 5.69. The Kier molecular flexibility index (Phi) is 5.56. The van der Waals surface area contributed by atoms with Crippen molar-refractivity contribution in [1.29, 1.82) is 0 Å². The van der Waals surface area contributed by atoms with Crippen molar-refractivity contribution in [2.45, 2.75) is 44.8 Å². The van der Waals surface area contributed by atoms with E-state index in [0.717, 1.165) is 55.8 Å². The third kappa shape index (κ3) is 4.07. The highest BCUT2D eigenvalue weighted by atomic mass is 16.6. The van der Waals surface area contributed by atoms with Gasteiger partial charge in [0.2, 0.25) is 0 Å². The predicted molar refractivity (Wildman–Crippen MR) is 106 cm³/mol. The number of hydrogen-bond acceptors (Lipinski definition) is 4. The third-order valence-electron chi connectivity index (χ3n) is 5.52. The minimum Gasteiger partial charge on any atom is -0.445 e. The van der Waals surface area contributed by atoms with E-state index in [1.807, 2.05) is 47.5 Å². The van der Waals surface area contributed by atoms with Gasteiger partial charge in [0.1, 0.15) is 12.4 Å². The first kappa shape index (κ1) is 17.8. The average molecular weight is 365 g/mol. The summed E-state index contributed by atoms with van der Waals surface area (Å²) >= 11 is 0. The summed E-state index contributed by atoms with van der Waals surface area (Å²) in [6.07, 6.45) is 7.18. The second kappa shape index (κ2) is 8.42. The molecule has 0 saturated carbocycles. The standard InChI is InChI=1S/C22H27N3O2/c26-22(27-17-18-9-2-1-3-10-18)25-16-5-4-12-20(25)19-11-8-13-23-21(19)24-14-6-7-15-24/h1-3,8-11,13,20H,4-7,12,14-17H2. The molecule has 4 rings (SSSR count). The van der Waals surface area contributed by atoms with Crippen molar-refractivity contribution in [3.63, 3.8) is 0 Å². The molecule has 1 amide bonds. The molecule has 1 aromatic carbocycles. The predicted octanol–water partition coefficient (Wildman–Crippen LogP) is 4.55. The Bertz CT molecular complexity index is 759. The lowest BCUT2D eigenvalue weighted by Crippen LogP contribution is -2.39. The lowest BCUT2D eigenvalue weighted by molar-refractivity contribution is 0.0679. The van der Waals surface area contributed by atoms with Crippen LogP contribution in [0.15, 0.2) is 48.7 Å². The van der Waals surface area contributed by atoms with Crippen molar-refractivity contribution in [2.24, 2.45) is 0 Å². The first-order valence-electron chi connectivity index (χ1n) is 10.00. The van der Waals surface area contributed by atoms with Crippen molar-refractivity contribution in [3.05, 3.63) is 59.8 Å². The molecular formula is C22H27N3O2. The van der Waals surface area contributed by atoms with Gasteiger partial charge in [-0.15, -0.1) is 0 Å². The van der Waals surface area contributed by atoms with E-state index in [0.29, 0.717) is 6.61 Å². The zero-order chi connectivity index (χ0) is 18.5. The summed E-state index contributed by atoms with van der Waals surface area (Å²) in [5.74, 6) is 1.04. The molecular weight excluding hydrogens is 338 g/mol. The van der Waals surface area contributed by atoms with Gasteiger partial charge in [-0.2, -0.15) is 0 Å². The second-order valence-corrected chi connectivity index (χ2v) is 7.36. The first-order valence-corrected chi connectivity index (χ1v) is 10.00. The van der Waals surface area contributed by atoms with Crippen LogP contribution in [0.1, 0.15) is 49.3 Å². The summed E-state index contributed by atoms with van der Waals surface area (Å²) in [5, 5.41) is 0. The lowest BCUT2D eigenvalue weighted by Gasteiger charge is -2.36. The minimum absolute atomic E-state index is 0.0475. The molecule has 27 heavy (non-hydrogen) atoms. The van der Waals surface area contributed by atoms with Gasteiger partial charge in [-0.3, -0.25) is 0 Å². The number of nitrogens with zero attached hydrogens (tertiary/aromatic N) is 3. The fourth-order valence-electron chi connectivity index (χ4n) is 4.14. The SMILES string of the molecule is O=C(OCc1ccccc1)N1CCCCC1c1cccnc1N1CCCC1. The highest BCUT2D eigenvalue weighted by Crippen LogP contribution is 2.36. The number of carbonyl (C=O) groups is 1. The maximum atomic E-state index is 12.9. The largest absolute Gasteiger partial charge is 0.445 e. The van der Waals surface area contributed by atoms with E-state index in [4.69, 9.17) is 4.74 Å². The van der Waals surface area contributed by atoms with Crippen molar-refractivity contribution in [1.82, 2.24) is 9.88 Å². The van der Waals surface area contributed by atoms with Crippen LogP contribution >= 0.6 is 0 Å². The number of ether oxygens (including phenoxy) is 1. The van der Waals surface area contributed by atoms with Crippen molar-refractivity contribution in [3.8, 4) is 0 Å². The number of carbonyl (C=O) groups excluding carboxylic acids is 1. The minimum atomic E-state index is -0.222.